The Kier molecular flexibility index (Phi) is 5.43. The minimum absolute atomic E-state index is 0.0338. The molecule has 2 amide bonds. The molecule has 0 radical (unpaired) electrons. The summed E-state index contributed by atoms with van der Waals surface area (Å²) in [7, 11) is 1.62. The number of amides is 2. The van der Waals surface area contributed by atoms with Crippen molar-refractivity contribution in [1.29, 1.82) is 0 Å². The third-order valence-corrected chi connectivity index (χ3v) is 3.36. The van der Waals surface area contributed by atoms with Gasteiger partial charge in [0.2, 0.25) is 5.91 Å². The van der Waals surface area contributed by atoms with Crippen molar-refractivity contribution in [2.45, 2.75) is 12.8 Å². The van der Waals surface area contributed by atoms with Crippen molar-refractivity contribution >= 4 is 12.0 Å². The number of carbonyl (C=O) groups is 2. The molecule has 1 saturated heterocycles. The molecule has 21 heavy (non-hydrogen) atoms. The van der Waals surface area contributed by atoms with E-state index in [1.54, 1.807) is 12.0 Å². The van der Waals surface area contributed by atoms with E-state index in [0.717, 1.165) is 11.3 Å². The number of rotatable bonds is 7. The number of carbonyl (C=O) groups excluding carboxylic acids is 2. The summed E-state index contributed by atoms with van der Waals surface area (Å²) in [6, 6.07) is 7.66. The van der Waals surface area contributed by atoms with Gasteiger partial charge < -0.3 is 19.7 Å². The highest BCUT2D eigenvalue weighted by atomic mass is 16.6. The van der Waals surface area contributed by atoms with Crippen LogP contribution >= 0.6 is 0 Å². The Balaban J connectivity index is 1.69. The Labute approximate surface area is 124 Å². The SMILES string of the molecule is COc1ccccc1CCC(=O)NCCN1CCOC1=O. The molecule has 2 rings (SSSR count). The zero-order chi connectivity index (χ0) is 15.1. The maximum Gasteiger partial charge on any atom is 0.409 e. The Morgan fingerprint density at radius 1 is 1.43 bits per heavy atom. The molecule has 6 heteroatoms. The van der Waals surface area contributed by atoms with Gasteiger partial charge in [0.25, 0.3) is 0 Å². The lowest BCUT2D eigenvalue weighted by atomic mass is 10.1. The number of cyclic esters (lactones) is 1. The van der Waals surface area contributed by atoms with Crippen LogP contribution in [0, 0.1) is 0 Å². The predicted molar refractivity (Wildman–Crippen MR) is 77.2 cm³/mol. The van der Waals surface area contributed by atoms with Crippen LogP contribution in [0.5, 0.6) is 5.75 Å². The molecule has 0 spiro atoms. The standard InChI is InChI=1S/C15H20N2O4/c1-20-13-5-3-2-4-12(13)6-7-14(18)16-8-9-17-10-11-21-15(17)19/h2-5H,6-11H2,1H3,(H,16,18). The van der Waals surface area contributed by atoms with E-state index >= 15 is 0 Å². The number of benzene rings is 1. The lowest BCUT2D eigenvalue weighted by molar-refractivity contribution is -0.121. The minimum atomic E-state index is -0.307. The Morgan fingerprint density at radius 3 is 2.95 bits per heavy atom. The van der Waals surface area contributed by atoms with Gasteiger partial charge in [-0.1, -0.05) is 18.2 Å². The van der Waals surface area contributed by atoms with Gasteiger partial charge in [0.05, 0.1) is 13.7 Å². The van der Waals surface area contributed by atoms with Crippen molar-refractivity contribution < 1.29 is 19.1 Å². The van der Waals surface area contributed by atoms with Crippen molar-refractivity contribution in [1.82, 2.24) is 10.2 Å². The van der Waals surface area contributed by atoms with E-state index in [2.05, 4.69) is 5.32 Å². The fourth-order valence-electron chi connectivity index (χ4n) is 2.21. The molecule has 0 aliphatic carbocycles. The van der Waals surface area contributed by atoms with E-state index in [9.17, 15) is 9.59 Å². The molecule has 1 aliphatic heterocycles. The number of para-hydroxylation sites is 1. The van der Waals surface area contributed by atoms with E-state index in [4.69, 9.17) is 9.47 Å². The third kappa shape index (κ3) is 4.37. The van der Waals surface area contributed by atoms with Crippen molar-refractivity contribution in [3.63, 3.8) is 0 Å². The van der Waals surface area contributed by atoms with Crippen LogP contribution in [-0.2, 0) is 16.0 Å². The number of nitrogens with zero attached hydrogens (tertiary/aromatic N) is 1. The number of hydrogen-bond acceptors (Lipinski definition) is 4. The number of nitrogens with one attached hydrogen (secondary N) is 1. The maximum atomic E-state index is 11.8. The average molecular weight is 292 g/mol. The summed E-state index contributed by atoms with van der Waals surface area (Å²) >= 11 is 0. The first-order valence-corrected chi connectivity index (χ1v) is 7.01. The summed E-state index contributed by atoms with van der Waals surface area (Å²) in [5.74, 6) is 0.763. The van der Waals surface area contributed by atoms with E-state index in [-0.39, 0.29) is 12.0 Å². The van der Waals surface area contributed by atoms with Crippen LogP contribution in [0.1, 0.15) is 12.0 Å². The molecular weight excluding hydrogens is 272 g/mol. The summed E-state index contributed by atoms with van der Waals surface area (Å²) < 4.78 is 10.1. The van der Waals surface area contributed by atoms with Gasteiger partial charge in [-0.15, -0.1) is 0 Å². The van der Waals surface area contributed by atoms with Gasteiger partial charge in [0.1, 0.15) is 12.4 Å². The van der Waals surface area contributed by atoms with Crippen LogP contribution in [0.15, 0.2) is 24.3 Å². The van der Waals surface area contributed by atoms with Gasteiger partial charge in [0.15, 0.2) is 0 Å². The van der Waals surface area contributed by atoms with E-state index in [1.165, 1.54) is 0 Å². The fourth-order valence-corrected chi connectivity index (χ4v) is 2.21. The quantitative estimate of drug-likeness (QED) is 0.820. The zero-order valence-corrected chi connectivity index (χ0v) is 12.1. The molecule has 0 aromatic heterocycles. The van der Waals surface area contributed by atoms with Gasteiger partial charge in [0, 0.05) is 19.5 Å². The Hall–Kier alpha value is -2.24. The Morgan fingerprint density at radius 2 is 2.24 bits per heavy atom. The third-order valence-electron chi connectivity index (χ3n) is 3.36. The summed E-state index contributed by atoms with van der Waals surface area (Å²) in [5.41, 5.74) is 1.01. The van der Waals surface area contributed by atoms with Gasteiger partial charge in [-0.2, -0.15) is 0 Å². The van der Waals surface area contributed by atoms with E-state index in [0.29, 0.717) is 39.1 Å². The molecule has 1 fully saturated rings. The monoisotopic (exact) mass is 292 g/mol. The van der Waals surface area contributed by atoms with Crippen LogP contribution < -0.4 is 10.1 Å². The number of hydrogen-bond donors (Lipinski definition) is 1. The predicted octanol–water partition coefficient (Wildman–Crippen LogP) is 1.20. The summed E-state index contributed by atoms with van der Waals surface area (Å²) in [5, 5.41) is 2.81. The smallest absolute Gasteiger partial charge is 0.409 e. The maximum absolute atomic E-state index is 11.8. The molecule has 6 nitrogen and oxygen atoms in total. The topological polar surface area (TPSA) is 67.9 Å². The lowest BCUT2D eigenvalue weighted by Crippen LogP contribution is -2.35. The van der Waals surface area contributed by atoms with Crippen molar-refractivity contribution in [3.05, 3.63) is 29.8 Å². The van der Waals surface area contributed by atoms with Crippen LogP contribution in [0.3, 0.4) is 0 Å². The van der Waals surface area contributed by atoms with E-state index < -0.39 is 0 Å². The second kappa shape index (κ2) is 7.52. The molecule has 114 valence electrons. The zero-order valence-electron chi connectivity index (χ0n) is 12.1. The normalized spacial score (nSPS) is 14.0. The molecule has 0 saturated carbocycles. The highest BCUT2D eigenvalue weighted by Gasteiger charge is 2.21. The first-order valence-electron chi connectivity index (χ1n) is 7.01. The van der Waals surface area contributed by atoms with Crippen LogP contribution in [0.4, 0.5) is 4.79 Å². The van der Waals surface area contributed by atoms with Crippen molar-refractivity contribution in [3.8, 4) is 5.75 Å². The largest absolute Gasteiger partial charge is 0.496 e. The second-order valence-electron chi connectivity index (χ2n) is 4.76. The highest BCUT2D eigenvalue weighted by molar-refractivity contribution is 5.76. The van der Waals surface area contributed by atoms with E-state index in [1.807, 2.05) is 24.3 Å². The van der Waals surface area contributed by atoms with Crippen LogP contribution in [0.2, 0.25) is 0 Å². The summed E-state index contributed by atoms with van der Waals surface area (Å²) in [4.78, 5) is 24.6. The van der Waals surface area contributed by atoms with Gasteiger partial charge in [-0.3, -0.25) is 4.79 Å². The first-order chi connectivity index (χ1) is 10.2. The van der Waals surface area contributed by atoms with Crippen LogP contribution in [0.25, 0.3) is 0 Å². The van der Waals surface area contributed by atoms with Crippen LogP contribution in [-0.4, -0.2) is 50.3 Å². The van der Waals surface area contributed by atoms with Gasteiger partial charge >= 0.3 is 6.09 Å². The fraction of sp³-hybridized carbons (Fsp3) is 0.467. The molecule has 1 aliphatic rings. The van der Waals surface area contributed by atoms with Gasteiger partial charge in [-0.05, 0) is 18.1 Å². The van der Waals surface area contributed by atoms with Crippen molar-refractivity contribution in [2.75, 3.05) is 33.4 Å². The molecule has 1 N–H and O–H groups in total. The molecule has 0 atom stereocenters. The highest BCUT2D eigenvalue weighted by Crippen LogP contribution is 2.18. The molecule has 0 bridgehead atoms. The first kappa shape index (κ1) is 15.2. The average Bonchev–Trinajstić information content (AvgIpc) is 2.91. The number of methoxy groups -OCH3 is 1. The number of aryl methyl sites for hydroxylation is 1. The van der Waals surface area contributed by atoms with Gasteiger partial charge in [-0.25, -0.2) is 4.79 Å². The molecule has 0 unspecified atom stereocenters. The van der Waals surface area contributed by atoms with Crippen molar-refractivity contribution in [2.24, 2.45) is 0 Å². The molecule has 1 aromatic carbocycles. The summed E-state index contributed by atoms with van der Waals surface area (Å²) in [6.07, 6.45) is 0.713. The Bertz CT molecular complexity index is 504. The number of ether oxygens (including phenoxy) is 2. The minimum Gasteiger partial charge on any atom is -0.496 e. The molecular formula is C15H20N2O4. The summed E-state index contributed by atoms with van der Waals surface area (Å²) in [6.45, 7) is 1.95. The second-order valence-corrected chi connectivity index (χ2v) is 4.76. The molecule has 1 heterocycles. The lowest BCUT2D eigenvalue weighted by Gasteiger charge is -2.13. The molecule has 1 aromatic rings.